The molecule has 20 heteroatoms. The van der Waals surface area contributed by atoms with Crippen molar-refractivity contribution in [3.63, 3.8) is 0 Å². The second-order valence-corrected chi connectivity index (χ2v) is 8.09. The van der Waals surface area contributed by atoms with Crippen molar-refractivity contribution in [3.8, 4) is 0 Å². The Labute approximate surface area is 216 Å². The molecule has 0 spiro atoms. The van der Waals surface area contributed by atoms with Gasteiger partial charge in [0, 0.05) is 5.57 Å². The summed E-state index contributed by atoms with van der Waals surface area (Å²) in [7, 11) is 3.32. The molecular weight excluding hydrogens is 601 g/mol. The molecule has 0 atom stereocenters. The van der Waals surface area contributed by atoms with E-state index in [1.54, 1.807) is 19.0 Å². The summed E-state index contributed by atoms with van der Waals surface area (Å²) in [6, 6.07) is 0. The van der Waals surface area contributed by atoms with E-state index in [0.717, 1.165) is 19.1 Å². The lowest BCUT2D eigenvalue weighted by Gasteiger charge is -2.41. The molecule has 0 saturated heterocycles. The fourth-order valence-corrected chi connectivity index (χ4v) is 2.17. The normalized spacial score (nSPS) is 14.4. The van der Waals surface area contributed by atoms with E-state index in [4.69, 9.17) is 0 Å². The lowest BCUT2D eigenvalue weighted by atomic mass is 9.91. The van der Waals surface area contributed by atoms with Gasteiger partial charge in [0.05, 0.1) is 0 Å². The maximum Gasteiger partial charge on any atom is 0.460 e. The summed E-state index contributed by atoms with van der Waals surface area (Å²) in [4.78, 5) is 22.7. The van der Waals surface area contributed by atoms with Crippen LogP contribution in [0.2, 0.25) is 0 Å². The van der Waals surface area contributed by atoms with Crippen molar-refractivity contribution in [3.05, 3.63) is 24.3 Å². The van der Waals surface area contributed by atoms with Crippen molar-refractivity contribution in [2.24, 2.45) is 5.73 Å². The van der Waals surface area contributed by atoms with Gasteiger partial charge in [0.1, 0.15) is 0 Å². The van der Waals surface area contributed by atoms with Gasteiger partial charge in [-0.15, -0.1) is 0 Å². The number of nitrogens with two attached hydrogens (primary N) is 1. The van der Waals surface area contributed by atoms with Crippen molar-refractivity contribution in [1.29, 1.82) is 0 Å². The predicted molar refractivity (Wildman–Crippen MR) is 108 cm³/mol. The number of halogens is 15. The first-order valence-electron chi connectivity index (χ1n) is 10.2. The van der Waals surface area contributed by atoms with Crippen LogP contribution < -0.4 is 5.73 Å². The number of allylic oxidation sites excluding steroid dienone is 1. The van der Waals surface area contributed by atoms with Gasteiger partial charge < -0.3 is 15.4 Å². The Morgan fingerprint density at radius 3 is 1.50 bits per heavy atom. The summed E-state index contributed by atoms with van der Waals surface area (Å²) in [5, 5.41) is 0. The van der Waals surface area contributed by atoms with Gasteiger partial charge >= 0.3 is 47.7 Å². The van der Waals surface area contributed by atoms with Crippen LogP contribution in [0.25, 0.3) is 0 Å². The first-order chi connectivity index (χ1) is 17.5. The Balaban J connectivity index is 0. The molecule has 1 amide bonds. The zero-order valence-corrected chi connectivity index (χ0v) is 20.6. The lowest BCUT2D eigenvalue weighted by Crippen LogP contribution is -2.73. The summed E-state index contributed by atoms with van der Waals surface area (Å²) in [6.07, 6.45) is -5.10. The highest BCUT2D eigenvalue weighted by atomic mass is 19.4. The first-order valence-corrected chi connectivity index (χ1v) is 10.2. The molecule has 0 fully saturated rings. The molecule has 236 valence electrons. The minimum atomic E-state index is -8.38. The fraction of sp³-hybridized carbons (Fsp3) is 0.700. The van der Waals surface area contributed by atoms with Crippen LogP contribution >= 0.6 is 0 Å². The minimum absolute atomic E-state index is 0.0957. The van der Waals surface area contributed by atoms with Crippen molar-refractivity contribution in [2.75, 3.05) is 27.2 Å². The van der Waals surface area contributed by atoms with Gasteiger partial charge in [0.2, 0.25) is 5.91 Å². The van der Waals surface area contributed by atoms with E-state index >= 15 is 0 Å². The monoisotopic (exact) mass is 624 g/mol. The van der Waals surface area contributed by atoms with E-state index in [9.17, 15) is 75.4 Å². The molecule has 0 aliphatic heterocycles. The molecule has 0 unspecified atom stereocenters. The lowest BCUT2D eigenvalue weighted by molar-refractivity contribution is -0.453. The number of hydrogen-bond acceptors (Lipinski definition) is 4. The minimum Gasteiger partial charge on any atom is -0.456 e. The standard InChI is InChI=1S/C17H18F15NO2.C3H5NO/c1-9(6-4-5-7-33(2)3)10(34)35-8-11(18,19)12(20,21)13(22,23)14(24,25)15(26,27)16(28,29)17(30,31)32;1-2-3(4)5/h6H,4-5,7-8H2,1-3H3;2H,1H2,(H2,4,5). The molecule has 0 heterocycles. The Morgan fingerprint density at radius 2 is 1.15 bits per heavy atom. The molecule has 0 aromatic heterocycles. The smallest absolute Gasteiger partial charge is 0.456 e. The van der Waals surface area contributed by atoms with E-state index in [-0.39, 0.29) is 6.42 Å². The number of unbranched alkanes of at least 4 members (excludes halogenated alkanes) is 1. The number of rotatable bonds is 13. The highest BCUT2D eigenvalue weighted by Crippen LogP contribution is 2.62. The van der Waals surface area contributed by atoms with Crippen LogP contribution in [0.4, 0.5) is 65.9 Å². The molecule has 40 heavy (non-hydrogen) atoms. The Kier molecular flexibility index (Phi) is 13.2. The van der Waals surface area contributed by atoms with Crippen LogP contribution in [0.1, 0.15) is 19.8 Å². The number of hydrogen-bond donors (Lipinski definition) is 1. The molecule has 2 N–H and O–H groups in total. The van der Waals surface area contributed by atoms with E-state index in [1.165, 1.54) is 0 Å². The van der Waals surface area contributed by atoms with Crippen LogP contribution in [0.15, 0.2) is 24.3 Å². The topological polar surface area (TPSA) is 72.6 Å². The maximum absolute atomic E-state index is 13.6. The first kappa shape index (κ1) is 39.5. The number of carbonyl (C=O) groups excluding carboxylic acids is 2. The Bertz CT molecular complexity index is 913. The summed E-state index contributed by atoms with van der Waals surface area (Å²) in [5.74, 6) is -49.6. The van der Waals surface area contributed by atoms with E-state index < -0.39 is 65.8 Å². The predicted octanol–water partition coefficient (Wildman–Crippen LogP) is 5.85. The highest BCUT2D eigenvalue weighted by molar-refractivity contribution is 5.87. The zero-order valence-electron chi connectivity index (χ0n) is 20.6. The molecular formula is C20H23F15N2O3. The molecule has 0 aliphatic carbocycles. The van der Waals surface area contributed by atoms with Crippen LogP contribution in [0.3, 0.4) is 0 Å². The number of alkyl halides is 15. The van der Waals surface area contributed by atoms with E-state index in [2.05, 4.69) is 17.0 Å². The van der Waals surface area contributed by atoms with Crippen molar-refractivity contribution in [2.45, 2.75) is 61.5 Å². The van der Waals surface area contributed by atoms with Gasteiger partial charge in [0.25, 0.3) is 0 Å². The maximum atomic E-state index is 13.6. The zero-order chi connectivity index (χ0) is 32.8. The van der Waals surface area contributed by atoms with Gasteiger partial charge in [-0.05, 0) is 46.5 Å². The van der Waals surface area contributed by atoms with Gasteiger partial charge in [-0.2, -0.15) is 65.9 Å². The molecule has 0 aromatic rings. The second kappa shape index (κ2) is 13.3. The Hall–Kier alpha value is -2.67. The number of ether oxygens (including phenoxy) is 1. The van der Waals surface area contributed by atoms with Gasteiger partial charge in [-0.25, -0.2) is 4.79 Å². The third-order valence-electron chi connectivity index (χ3n) is 4.56. The third-order valence-corrected chi connectivity index (χ3v) is 4.56. The molecule has 5 nitrogen and oxygen atoms in total. The third kappa shape index (κ3) is 8.42. The molecule has 0 saturated carbocycles. The van der Waals surface area contributed by atoms with Gasteiger partial charge in [0.15, 0.2) is 6.61 Å². The van der Waals surface area contributed by atoms with Crippen molar-refractivity contribution < 1.29 is 80.2 Å². The number of nitrogens with zero attached hydrogens (tertiary/aromatic N) is 1. The second-order valence-electron chi connectivity index (χ2n) is 8.09. The largest absolute Gasteiger partial charge is 0.460 e. The summed E-state index contributed by atoms with van der Waals surface area (Å²) < 4.78 is 200. The average Bonchev–Trinajstić information content (AvgIpc) is 2.78. The number of carbonyl (C=O) groups is 2. The molecule has 0 aromatic carbocycles. The summed E-state index contributed by atoms with van der Waals surface area (Å²) >= 11 is 0. The van der Waals surface area contributed by atoms with Gasteiger partial charge in [-0.1, -0.05) is 12.7 Å². The number of esters is 1. The number of amides is 1. The van der Waals surface area contributed by atoms with Gasteiger partial charge in [-0.3, -0.25) is 4.79 Å². The van der Waals surface area contributed by atoms with E-state index in [1.807, 2.05) is 0 Å². The SMILES string of the molecule is C=CC(N)=O.CC(=CCCCN(C)C)C(=O)OCC(F)(F)C(F)(F)C(F)(F)C(F)(F)C(F)(F)C(F)(F)C(F)(F)F. The van der Waals surface area contributed by atoms with Crippen LogP contribution in [0, 0.1) is 0 Å². The van der Waals surface area contributed by atoms with Crippen LogP contribution in [-0.4, -0.2) is 85.7 Å². The quantitative estimate of drug-likeness (QED) is 0.121. The van der Waals surface area contributed by atoms with Crippen molar-refractivity contribution in [1.82, 2.24) is 4.90 Å². The number of primary amides is 1. The fourth-order valence-electron chi connectivity index (χ4n) is 2.17. The van der Waals surface area contributed by atoms with Crippen molar-refractivity contribution >= 4 is 11.9 Å². The highest BCUT2D eigenvalue weighted by Gasteiger charge is 2.93. The molecule has 0 aliphatic rings. The van der Waals surface area contributed by atoms with E-state index in [0.29, 0.717) is 13.0 Å². The molecule has 0 bridgehead atoms. The summed E-state index contributed by atoms with van der Waals surface area (Å²) in [6.45, 7) is 1.29. The molecule has 0 radical (unpaired) electrons. The molecule has 0 rings (SSSR count). The van der Waals surface area contributed by atoms with Crippen LogP contribution in [0.5, 0.6) is 0 Å². The average molecular weight is 624 g/mol. The summed E-state index contributed by atoms with van der Waals surface area (Å²) in [5.41, 5.74) is 3.99. The Morgan fingerprint density at radius 1 is 0.775 bits per heavy atom. The van der Waals surface area contributed by atoms with Crippen LogP contribution in [-0.2, 0) is 14.3 Å².